The van der Waals surface area contributed by atoms with Crippen molar-refractivity contribution < 1.29 is 5.11 Å². The molecule has 1 N–H and O–H groups in total. The second-order valence-corrected chi connectivity index (χ2v) is 7.92. The summed E-state index contributed by atoms with van der Waals surface area (Å²) in [5.41, 5.74) is 3.59. The zero-order valence-corrected chi connectivity index (χ0v) is 15.9. The van der Waals surface area contributed by atoms with Crippen LogP contribution in [-0.4, -0.2) is 5.11 Å². The molecule has 0 heterocycles. The summed E-state index contributed by atoms with van der Waals surface area (Å²) in [7, 11) is 0. The van der Waals surface area contributed by atoms with Crippen LogP contribution >= 0.6 is 35.0 Å². The minimum atomic E-state index is 0.278. The largest absolute Gasteiger partial charge is 0.508 e. The highest BCUT2D eigenvalue weighted by Gasteiger charge is 2.14. The molecule has 0 amide bonds. The summed E-state index contributed by atoms with van der Waals surface area (Å²) in [6.07, 6.45) is 0.921. The minimum absolute atomic E-state index is 0.278. The molecule has 1 nitrogen and oxygen atoms in total. The van der Waals surface area contributed by atoms with E-state index in [4.69, 9.17) is 23.2 Å². The summed E-state index contributed by atoms with van der Waals surface area (Å²) in [4.78, 5) is 0. The third-order valence-corrected chi connectivity index (χ3v) is 5.68. The van der Waals surface area contributed by atoms with Crippen LogP contribution in [-0.2, 0) is 12.2 Å². The van der Waals surface area contributed by atoms with Gasteiger partial charge in [-0.15, -0.1) is 11.8 Å². The molecular weight excluding hydrogens is 371 g/mol. The van der Waals surface area contributed by atoms with E-state index in [1.807, 2.05) is 42.1 Å². The van der Waals surface area contributed by atoms with Gasteiger partial charge in [0.25, 0.3) is 0 Å². The average molecular weight is 389 g/mol. The van der Waals surface area contributed by atoms with Gasteiger partial charge in [0, 0.05) is 21.0 Å². The summed E-state index contributed by atoms with van der Waals surface area (Å²) in [6.45, 7) is 0. The van der Waals surface area contributed by atoms with E-state index in [0.29, 0.717) is 10.0 Å². The van der Waals surface area contributed by atoms with Crippen LogP contribution in [0.2, 0.25) is 10.0 Å². The van der Waals surface area contributed by atoms with Crippen LogP contribution in [0.4, 0.5) is 0 Å². The van der Waals surface area contributed by atoms with Crippen LogP contribution in [0.1, 0.15) is 21.9 Å². The highest BCUT2D eigenvalue weighted by Crippen LogP contribution is 2.36. The normalized spacial score (nSPS) is 12.1. The quantitative estimate of drug-likeness (QED) is 0.494. The fourth-order valence-corrected chi connectivity index (χ4v) is 4.47. The Morgan fingerprint density at radius 1 is 0.800 bits per heavy atom. The lowest BCUT2D eigenvalue weighted by Gasteiger charge is -2.18. The lowest BCUT2D eigenvalue weighted by molar-refractivity contribution is 0.475. The Labute approximate surface area is 162 Å². The molecule has 0 saturated heterocycles. The first kappa shape index (κ1) is 18.2. The first-order valence-corrected chi connectivity index (χ1v) is 9.80. The molecule has 25 heavy (non-hydrogen) atoms. The highest BCUT2D eigenvalue weighted by molar-refractivity contribution is 7.98. The maximum absolute atomic E-state index is 9.56. The van der Waals surface area contributed by atoms with E-state index in [9.17, 15) is 5.11 Å². The zero-order valence-electron chi connectivity index (χ0n) is 13.5. The van der Waals surface area contributed by atoms with Crippen molar-refractivity contribution in [1.29, 1.82) is 0 Å². The SMILES string of the molecule is Oc1ccc(C(Cc2ccccc2)SCc2cc(Cl)cc(Cl)c2)cc1. The molecule has 3 aromatic carbocycles. The van der Waals surface area contributed by atoms with Gasteiger partial charge in [0.2, 0.25) is 0 Å². The van der Waals surface area contributed by atoms with E-state index in [-0.39, 0.29) is 11.0 Å². The molecule has 3 rings (SSSR count). The molecule has 1 unspecified atom stereocenters. The van der Waals surface area contributed by atoms with Crippen LogP contribution in [0.15, 0.2) is 72.8 Å². The van der Waals surface area contributed by atoms with Crippen molar-refractivity contribution in [3.8, 4) is 5.75 Å². The second-order valence-electron chi connectivity index (χ2n) is 5.86. The first-order chi connectivity index (χ1) is 12.1. The van der Waals surface area contributed by atoms with Gasteiger partial charge in [0.1, 0.15) is 5.75 Å². The average Bonchev–Trinajstić information content (AvgIpc) is 2.59. The van der Waals surface area contributed by atoms with Gasteiger partial charge in [0.05, 0.1) is 0 Å². The smallest absolute Gasteiger partial charge is 0.115 e. The molecule has 1 atom stereocenters. The fourth-order valence-electron chi connectivity index (χ4n) is 2.68. The summed E-state index contributed by atoms with van der Waals surface area (Å²) < 4.78 is 0. The van der Waals surface area contributed by atoms with Crippen molar-refractivity contribution in [1.82, 2.24) is 0 Å². The maximum atomic E-state index is 9.56. The predicted molar refractivity (Wildman–Crippen MR) is 109 cm³/mol. The van der Waals surface area contributed by atoms with Gasteiger partial charge >= 0.3 is 0 Å². The molecule has 0 aromatic heterocycles. The van der Waals surface area contributed by atoms with Gasteiger partial charge in [-0.05, 0) is 53.4 Å². The molecule has 0 fully saturated rings. The minimum Gasteiger partial charge on any atom is -0.508 e. The van der Waals surface area contributed by atoms with Crippen LogP contribution < -0.4 is 0 Å². The molecule has 3 aromatic rings. The van der Waals surface area contributed by atoms with Gasteiger partial charge in [-0.2, -0.15) is 0 Å². The van der Waals surface area contributed by atoms with Crippen LogP contribution in [0.25, 0.3) is 0 Å². The van der Waals surface area contributed by atoms with Crippen LogP contribution in [0, 0.1) is 0 Å². The fraction of sp³-hybridized carbons (Fsp3) is 0.143. The third-order valence-electron chi connectivity index (χ3n) is 3.90. The first-order valence-electron chi connectivity index (χ1n) is 7.99. The molecule has 128 valence electrons. The zero-order chi connectivity index (χ0) is 17.6. The Bertz CT molecular complexity index is 799. The lowest BCUT2D eigenvalue weighted by atomic mass is 10.0. The number of hydrogen-bond donors (Lipinski definition) is 1. The van der Waals surface area contributed by atoms with Crippen molar-refractivity contribution in [2.45, 2.75) is 17.4 Å². The van der Waals surface area contributed by atoms with Crippen LogP contribution in [0.5, 0.6) is 5.75 Å². The maximum Gasteiger partial charge on any atom is 0.115 e. The van der Waals surface area contributed by atoms with Crippen molar-refractivity contribution in [2.24, 2.45) is 0 Å². The summed E-state index contributed by atoms with van der Waals surface area (Å²) >= 11 is 14.1. The van der Waals surface area contributed by atoms with Crippen molar-refractivity contribution >= 4 is 35.0 Å². The van der Waals surface area contributed by atoms with Crippen molar-refractivity contribution in [3.63, 3.8) is 0 Å². The molecule has 0 radical (unpaired) electrons. The number of phenols is 1. The highest BCUT2D eigenvalue weighted by atomic mass is 35.5. The van der Waals surface area contributed by atoms with E-state index in [2.05, 4.69) is 24.3 Å². The predicted octanol–water partition coefficient (Wildman–Crippen LogP) is 6.92. The molecule has 0 bridgehead atoms. The number of thioether (sulfide) groups is 1. The second kappa shape index (κ2) is 8.66. The molecule has 0 aliphatic heterocycles. The molecule has 0 aliphatic rings. The standard InChI is InChI=1S/C21H18Cl2OS/c22-18-10-16(11-19(23)13-18)14-25-21(12-15-4-2-1-3-5-15)17-6-8-20(24)9-7-17/h1-11,13,21,24H,12,14H2. The van der Waals surface area contributed by atoms with Gasteiger partial charge in [-0.1, -0.05) is 65.7 Å². The number of rotatable bonds is 6. The molecule has 0 spiro atoms. The van der Waals surface area contributed by atoms with Gasteiger partial charge in [0.15, 0.2) is 0 Å². The van der Waals surface area contributed by atoms with Crippen LogP contribution in [0.3, 0.4) is 0 Å². The summed E-state index contributed by atoms with van der Waals surface area (Å²) in [5.74, 6) is 1.10. The number of aromatic hydroxyl groups is 1. The van der Waals surface area contributed by atoms with Gasteiger partial charge < -0.3 is 5.11 Å². The lowest BCUT2D eigenvalue weighted by Crippen LogP contribution is -2.00. The third kappa shape index (κ3) is 5.43. The van der Waals surface area contributed by atoms with E-state index in [0.717, 1.165) is 17.7 Å². The Morgan fingerprint density at radius 3 is 2.08 bits per heavy atom. The summed E-state index contributed by atoms with van der Waals surface area (Å²) in [6, 6.07) is 23.5. The number of halogens is 2. The Balaban J connectivity index is 1.79. The number of phenolic OH excluding ortho intramolecular Hbond substituents is 1. The molecular formula is C21H18Cl2OS. The Hall–Kier alpha value is -1.61. The number of hydrogen-bond acceptors (Lipinski definition) is 2. The van der Waals surface area contributed by atoms with Crippen molar-refractivity contribution in [2.75, 3.05) is 0 Å². The Kier molecular flexibility index (Phi) is 6.30. The van der Waals surface area contributed by atoms with E-state index in [1.54, 1.807) is 18.2 Å². The number of benzene rings is 3. The van der Waals surface area contributed by atoms with E-state index >= 15 is 0 Å². The van der Waals surface area contributed by atoms with Gasteiger partial charge in [-0.3, -0.25) is 0 Å². The Morgan fingerprint density at radius 2 is 1.44 bits per heavy atom. The van der Waals surface area contributed by atoms with E-state index in [1.165, 1.54) is 11.1 Å². The summed E-state index contributed by atoms with van der Waals surface area (Å²) in [5, 5.41) is 11.2. The molecule has 4 heteroatoms. The van der Waals surface area contributed by atoms with Crippen molar-refractivity contribution in [3.05, 3.63) is 99.5 Å². The van der Waals surface area contributed by atoms with Gasteiger partial charge in [-0.25, -0.2) is 0 Å². The molecule has 0 aliphatic carbocycles. The topological polar surface area (TPSA) is 20.2 Å². The monoisotopic (exact) mass is 388 g/mol. The van der Waals surface area contributed by atoms with E-state index < -0.39 is 0 Å². The molecule has 0 saturated carbocycles.